The Morgan fingerprint density at radius 3 is 2.46 bits per heavy atom. The standard InChI is InChI=1S/C20H31N3O/c1-17-7-6-10-19(15-17)22-11-13-23(14-12-22)20(24)16-21-18-8-4-2-3-5-9-18/h6-7,10,15,18,21H,2-5,8-9,11-14,16H2,1H3. The van der Waals surface area contributed by atoms with Crippen LogP contribution in [0.3, 0.4) is 0 Å². The molecule has 1 amide bonds. The smallest absolute Gasteiger partial charge is 0.236 e. The maximum atomic E-state index is 12.5. The second-order valence-electron chi connectivity index (χ2n) is 7.28. The number of piperazine rings is 1. The van der Waals surface area contributed by atoms with Gasteiger partial charge in [0.2, 0.25) is 5.91 Å². The van der Waals surface area contributed by atoms with Crippen LogP contribution in [0.2, 0.25) is 0 Å². The third-order valence-corrected chi connectivity index (χ3v) is 5.40. The summed E-state index contributed by atoms with van der Waals surface area (Å²) >= 11 is 0. The molecule has 1 aromatic rings. The minimum atomic E-state index is 0.267. The molecule has 1 aromatic carbocycles. The van der Waals surface area contributed by atoms with E-state index in [1.54, 1.807) is 0 Å². The Labute approximate surface area is 146 Å². The highest BCUT2D eigenvalue weighted by atomic mass is 16.2. The SMILES string of the molecule is Cc1cccc(N2CCN(C(=O)CNC3CCCCCC3)CC2)c1. The lowest BCUT2D eigenvalue weighted by Gasteiger charge is -2.36. The maximum Gasteiger partial charge on any atom is 0.236 e. The Balaban J connectivity index is 1.43. The number of benzene rings is 1. The van der Waals surface area contributed by atoms with Crippen LogP contribution in [0, 0.1) is 6.92 Å². The van der Waals surface area contributed by atoms with E-state index in [1.165, 1.54) is 49.8 Å². The van der Waals surface area contributed by atoms with Gasteiger partial charge < -0.3 is 15.1 Å². The molecule has 0 bridgehead atoms. The number of nitrogens with one attached hydrogen (secondary N) is 1. The van der Waals surface area contributed by atoms with Gasteiger partial charge in [-0.25, -0.2) is 0 Å². The highest BCUT2D eigenvalue weighted by Crippen LogP contribution is 2.19. The average molecular weight is 329 g/mol. The van der Waals surface area contributed by atoms with Crippen LogP contribution in [0.5, 0.6) is 0 Å². The Morgan fingerprint density at radius 1 is 1.08 bits per heavy atom. The van der Waals surface area contributed by atoms with E-state index in [9.17, 15) is 4.79 Å². The minimum absolute atomic E-state index is 0.267. The second-order valence-corrected chi connectivity index (χ2v) is 7.28. The normalized spacial score (nSPS) is 20.0. The van der Waals surface area contributed by atoms with Crippen LogP contribution in [0.1, 0.15) is 44.1 Å². The number of aryl methyl sites for hydroxylation is 1. The van der Waals surface area contributed by atoms with Crippen molar-refractivity contribution in [2.24, 2.45) is 0 Å². The molecule has 1 saturated heterocycles. The van der Waals surface area contributed by atoms with Crippen molar-refractivity contribution in [3.63, 3.8) is 0 Å². The first kappa shape index (κ1) is 17.3. The molecule has 0 spiro atoms. The molecule has 0 unspecified atom stereocenters. The van der Waals surface area contributed by atoms with Gasteiger partial charge in [-0.1, -0.05) is 37.8 Å². The van der Waals surface area contributed by atoms with Gasteiger partial charge in [0, 0.05) is 37.9 Å². The lowest BCUT2D eigenvalue weighted by Crippen LogP contribution is -2.51. The molecular formula is C20H31N3O. The highest BCUT2D eigenvalue weighted by molar-refractivity contribution is 5.78. The van der Waals surface area contributed by atoms with Gasteiger partial charge in [0.1, 0.15) is 0 Å². The van der Waals surface area contributed by atoms with E-state index >= 15 is 0 Å². The van der Waals surface area contributed by atoms with Crippen molar-refractivity contribution in [2.45, 2.75) is 51.5 Å². The number of anilines is 1. The monoisotopic (exact) mass is 329 g/mol. The van der Waals surface area contributed by atoms with Crippen molar-refractivity contribution in [1.29, 1.82) is 0 Å². The summed E-state index contributed by atoms with van der Waals surface area (Å²) in [6, 6.07) is 9.18. The summed E-state index contributed by atoms with van der Waals surface area (Å²) in [5.41, 5.74) is 2.57. The topological polar surface area (TPSA) is 35.6 Å². The van der Waals surface area contributed by atoms with E-state index in [1.807, 2.05) is 4.90 Å². The first-order chi connectivity index (χ1) is 11.7. The Morgan fingerprint density at radius 2 is 1.79 bits per heavy atom. The van der Waals surface area contributed by atoms with Crippen LogP contribution in [-0.2, 0) is 4.79 Å². The number of carbonyl (C=O) groups is 1. The van der Waals surface area contributed by atoms with E-state index in [2.05, 4.69) is 41.4 Å². The minimum Gasteiger partial charge on any atom is -0.368 e. The van der Waals surface area contributed by atoms with E-state index in [0.29, 0.717) is 12.6 Å². The van der Waals surface area contributed by atoms with Gasteiger partial charge in [-0.15, -0.1) is 0 Å². The molecule has 2 fully saturated rings. The molecule has 1 aliphatic carbocycles. The van der Waals surface area contributed by atoms with Crippen LogP contribution < -0.4 is 10.2 Å². The molecule has 2 aliphatic rings. The maximum absolute atomic E-state index is 12.5. The fourth-order valence-corrected chi connectivity index (χ4v) is 3.87. The molecule has 1 saturated carbocycles. The van der Waals surface area contributed by atoms with Gasteiger partial charge in [-0.2, -0.15) is 0 Å². The molecule has 24 heavy (non-hydrogen) atoms. The summed E-state index contributed by atoms with van der Waals surface area (Å²) in [6.45, 7) is 6.16. The van der Waals surface area contributed by atoms with Gasteiger partial charge in [0.05, 0.1) is 6.54 Å². The average Bonchev–Trinajstić information content (AvgIpc) is 2.89. The first-order valence-electron chi connectivity index (χ1n) is 9.55. The molecule has 4 heteroatoms. The van der Waals surface area contributed by atoms with Crippen molar-refractivity contribution in [1.82, 2.24) is 10.2 Å². The summed E-state index contributed by atoms with van der Waals surface area (Å²) in [5, 5.41) is 3.50. The zero-order valence-electron chi connectivity index (χ0n) is 15.0. The Hall–Kier alpha value is -1.55. The van der Waals surface area contributed by atoms with Gasteiger partial charge in [0.15, 0.2) is 0 Å². The van der Waals surface area contributed by atoms with Gasteiger partial charge in [-0.05, 0) is 37.5 Å². The molecule has 0 radical (unpaired) electrons. The fourth-order valence-electron chi connectivity index (χ4n) is 3.87. The number of nitrogens with zero attached hydrogens (tertiary/aromatic N) is 2. The summed E-state index contributed by atoms with van der Waals surface area (Å²) in [5.74, 6) is 0.267. The number of amides is 1. The van der Waals surface area contributed by atoms with Crippen LogP contribution in [-0.4, -0.2) is 49.6 Å². The van der Waals surface area contributed by atoms with E-state index in [0.717, 1.165) is 26.2 Å². The van der Waals surface area contributed by atoms with Crippen LogP contribution in [0.25, 0.3) is 0 Å². The van der Waals surface area contributed by atoms with Gasteiger partial charge in [-0.3, -0.25) is 4.79 Å². The van der Waals surface area contributed by atoms with Gasteiger partial charge in [0.25, 0.3) is 0 Å². The van der Waals surface area contributed by atoms with Crippen molar-refractivity contribution >= 4 is 11.6 Å². The lowest BCUT2D eigenvalue weighted by atomic mass is 10.1. The number of rotatable bonds is 4. The van der Waals surface area contributed by atoms with Crippen LogP contribution in [0.15, 0.2) is 24.3 Å². The van der Waals surface area contributed by atoms with E-state index < -0.39 is 0 Å². The van der Waals surface area contributed by atoms with Crippen molar-refractivity contribution in [3.05, 3.63) is 29.8 Å². The molecule has 0 aromatic heterocycles. The van der Waals surface area contributed by atoms with E-state index in [4.69, 9.17) is 0 Å². The second kappa shape index (κ2) is 8.52. The van der Waals surface area contributed by atoms with E-state index in [-0.39, 0.29) is 5.91 Å². The number of carbonyl (C=O) groups excluding carboxylic acids is 1. The summed E-state index contributed by atoms with van der Waals surface area (Å²) in [6.07, 6.45) is 7.78. The van der Waals surface area contributed by atoms with Crippen LogP contribution >= 0.6 is 0 Å². The van der Waals surface area contributed by atoms with Crippen LogP contribution in [0.4, 0.5) is 5.69 Å². The molecule has 1 aliphatic heterocycles. The van der Waals surface area contributed by atoms with Crippen molar-refractivity contribution in [3.8, 4) is 0 Å². The largest absolute Gasteiger partial charge is 0.368 e. The highest BCUT2D eigenvalue weighted by Gasteiger charge is 2.22. The summed E-state index contributed by atoms with van der Waals surface area (Å²) in [4.78, 5) is 16.9. The van der Waals surface area contributed by atoms with Gasteiger partial charge >= 0.3 is 0 Å². The van der Waals surface area contributed by atoms with Crippen molar-refractivity contribution < 1.29 is 4.79 Å². The summed E-state index contributed by atoms with van der Waals surface area (Å²) < 4.78 is 0. The third kappa shape index (κ3) is 4.73. The Bertz CT molecular complexity index is 529. The molecule has 1 heterocycles. The zero-order valence-corrected chi connectivity index (χ0v) is 15.0. The third-order valence-electron chi connectivity index (χ3n) is 5.40. The lowest BCUT2D eigenvalue weighted by molar-refractivity contribution is -0.130. The first-order valence-corrected chi connectivity index (χ1v) is 9.55. The molecular weight excluding hydrogens is 298 g/mol. The number of hydrogen-bond acceptors (Lipinski definition) is 3. The molecule has 0 atom stereocenters. The fraction of sp³-hybridized carbons (Fsp3) is 0.650. The number of hydrogen-bond donors (Lipinski definition) is 1. The molecule has 3 rings (SSSR count). The predicted molar refractivity (Wildman–Crippen MR) is 99.5 cm³/mol. The Kier molecular flexibility index (Phi) is 6.13. The summed E-state index contributed by atoms with van der Waals surface area (Å²) in [7, 11) is 0. The zero-order chi connectivity index (χ0) is 16.8. The molecule has 4 nitrogen and oxygen atoms in total. The quantitative estimate of drug-likeness (QED) is 0.863. The van der Waals surface area contributed by atoms with Crippen molar-refractivity contribution in [2.75, 3.05) is 37.6 Å². The predicted octanol–water partition coefficient (Wildman–Crippen LogP) is 2.96. The molecule has 1 N–H and O–H groups in total. The molecule has 132 valence electrons.